The zero-order valence-corrected chi connectivity index (χ0v) is 11.5. The molecule has 0 saturated heterocycles. The van der Waals surface area contributed by atoms with Gasteiger partial charge in [-0.1, -0.05) is 20.8 Å². The average Bonchev–Trinajstić information content (AvgIpc) is 2.34. The van der Waals surface area contributed by atoms with E-state index in [2.05, 4.69) is 37.1 Å². The quantitative estimate of drug-likeness (QED) is 0.807. The summed E-state index contributed by atoms with van der Waals surface area (Å²) in [6.45, 7) is 7.31. The molecule has 0 bridgehead atoms. The van der Waals surface area contributed by atoms with Gasteiger partial charge in [-0.15, -0.1) is 0 Å². The van der Waals surface area contributed by atoms with E-state index in [0.717, 1.165) is 23.1 Å². The summed E-state index contributed by atoms with van der Waals surface area (Å²) >= 11 is 0. The van der Waals surface area contributed by atoms with Crippen molar-refractivity contribution in [1.29, 1.82) is 5.26 Å². The highest BCUT2D eigenvalue weighted by Gasteiger charge is 2.12. The van der Waals surface area contributed by atoms with Crippen LogP contribution in [0.3, 0.4) is 0 Å². The Bertz CT molecular complexity index is 647. The molecule has 98 valence electrons. The summed E-state index contributed by atoms with van der Waals surface area (Å²) in [6, 6.07) is 7.62. The molecule has 19 heavy (non-hydrogen) atoms. The molecule has 2 rings (SSSR count). The van der Waals surface area contributed by atoms with E-state index in [1.54, 1.807) is 12.3 Å². The SMILES string of the molecule is CC(C)(C)CNc1cc(N)cc2cc(C#N)cnc12. The number of nitriles is 1. The third kappa shape index (κ3) is 3.14. The lowest BCUT2D eigenvalue weighted by atomic mass is 9.97. The molecule has 0 spiro atoms. The van der Waals surface area contributed by atoms with Crippen molar-refractivity contribution >= 4 is 22.3 Å². The Morgan fingerprint density at radius 2 is 2.05 bits per heavy atom. The second-order valence-electron chi connectivity index (χ2n) is 5.89. The molecule has 3 N–H and O–H groups in total. The van der Waals surface area contributed by atoms with Gasteiger partial charge in [0.05, 0.1) is 16.8 Å². The molecular formula is C15H18N4. The molecule has 1 aromatic heterocycles. The molecule has 0 atom stereocenters. The normalized spacial score (nSPS) is 11.3. The molecule has 0 aliphatic carbocycles. The van der Waals surface area contributed by atoms with Crippen LogP contribution < -0.4 is 11.1 Å². The van der Waals surface area contributed by atoms with Crippen LogP contribution in [0.25, 0.3) is 10.9 Å². The van der Waals surface area contributed by atoms with E-state index in [1.807, 2.05) is 12.1 Å². The zero-order valence-electron chi connectivity index (χ0n) is 11.5. The van der Waals surface area contributed by atoms with Gasteiger partial charge in [0, 0.05) is 23.8 Å². The van der Waals surface area contributed by atoms with Crippen LogP contribution in [0.1, 0.15) is 26.3 Å². The molecule has 0 aliphatic heterocycles. The number of nitrogen functional groups attached to an aromatic ring is 1. The summed E-state index contributed by atoms with van der Waals surface area (Å²) < 4.78 is 0. The van der Waals surface area contributed by atoms with E-state index in [9.17, 15) is 0 Å². The number of nitrogens with zero attached hydrogens (tertiary/aromatic N) is 2. The smallest absolute Gasteiger partial charge is 0.101 e. The van der Waals surface area contributed by atoms with Gasteiger partial charge in [0.2, 0.25) is 0 Å². The van der Waals surface area contributed by atoms with Crippen LogP contribution in [0.4, 0.5) is 11.4 Å². The number of pyridine rings is 1. The Morgan fingerprint density at radius 3 is 2.68 bits per heavy atom. The number of aromatic nitrogens is 1. The van der Waals surface area contributed by atoms with Gasteiger partial charge >= 0.3 is 0 Å². The molecule has 0 saturated carbocycles. The predicted octanol–water partition coefficient (Wildman–Crippen LogP) is 3.15. The van der Waals surface area contributed by atoms with Crippen LogP contribution in [0.5, 0.6) is 0 Å². The maximum Gasteiger partial charge on any atom is 0.101 e. The van der Waals surface area contributed by atoms with E-state index in [-0.39, 0.29) is 5.41 Å². The number of fused-ring (bicyclic) bond motifs is 1. The highest BCUT2D eigenvalue weighted by Crippen LogP contribution is 2.27. The first-order valence-electron chi connectivity index (χ1n) is 6.22. The fourth-order valence-corrected chi connectivity index (χ4v) is 1.83. The minimum absolute atomic E-state index is 0.170. The first kappa shape index (κ1) is 13.2. The number of nitrogens with two attached hydrogens (primary N) is 1. The van der Waals surface area contributed by atoms with Crippen LogP contribution >= 0.6 is 0 Å². The fourth-order valence-electron chi connectivity index (χ4n) is 1.83. The van der Waals surface area contributed by atoms with Gasteiger partial charge in [-0.2, -0.15) is 5.26 Å². The van der Waals surface area contributed by atoms with Crippen molar-refractivity contribution in [3.05, 3.63) is 30.0 Å². The van der Waals surface area contributed by atoms with E-state index >= 15 is 0 Å². The predicted molar refractivity (Wildman–Crippen MR) is 78.8 cm³/mol. The molecule has 4 heteroatoms. The molecular weight excluding hydrogens is 236 g/mol. The number of hydrogen-bond donors (Lipinski definition) is 2. The summed E-state index contributed by atoms with van der Waals surface area (Å²) in [5.41, 5.74) is 9.04. The lowest BCUT2D eigenvalue weighted by molar-refractivity contribution is 0.443. The standard InChI is InChI=1S/C15H18N4/c1-15(2,3)9-19-13-6-12(17)5-11-4-10(7-16)8-18-14(11)13/h4-6,8,19H,9,17H2,1-3H3. The third-order valence-corrected chi connectivity index (χ3v) is 2.74. The Morgan fingerprint density at radius 1 is 1.32 bits per heavy atom. The molecule has 4 nitrogen and oxygen atoms in total. The van der Waals surface area contributed by atoms with E-state index in [1.165, 1.54) is 0 Å². The van der Waals surface area contributed by atoms with Gasteiger partial charge in [-0.3, -0.25) is 4.98 Å². The van der Waals surface area contributed by atoms with Crippen molar-refractivity contribution in [1.82, 2.24) is 4.98 Å². The number of benzene rings is 1. The van der Waals surface area contributed by atoms with Gasteiger partial charge in [0.1, 0.15) is 6.07 Å². The first-order chi connectivity index (χ1) is 8.89. The summed E-state index contributed by atoms with van der Waals surface area (Å²) in [5.74, 6) is 0. The van der Waals surface area contributed by atoms with Crippen molar-refractivity contribution in [2.75, 3.05) is 17.6 Å². The summed E-state index contributed by atoms with van der Waals surface area (Å²) in [5, 5.41) is 13.2. The van der Waals surface area contributed by atoms with Crippen molar-refractivity contribution in [2.24, 2.45) is 5.41 Å². The molecule has 1 aromatic carbocycles. The minimum Gasteiger partial charge on any atom is -0.399 e. The second kappa shape index (κ2) is 4.77. The Kier molecular flexibility index (Phi) is 3.30. The fraction of sp³-hybridized carbons (Fsp3) is 0.333. The summed E-state index contributed by atoms with van der Waals surface area (Å²) in [4.78, 5) is 4.35. The number of anilines is 2. The van der Waals surface area contributed by atoms with Crippen LogP contribution in [0.2, 0.25) is 0 Å². The van der Waals surface area contributed by atoms with Crippen molar-refractivity contribution in [2.45, 2.75) is 20.8 Å². The Labute approximate surface area is 113 Å². The third-order valence-electron chi connectivity index (χ3n) is 2.74. The van der Waals surface area contributed by atoms with Crippen molar-refractivity contribution < 1.29 is 0 Å². The molecule has 0 aliphatic rings. The lowest BCUT2D eigenvalue weighted by Crippen LogP contribution is -2.19. The number of rotatable bonds is 2. The minimum atomic E-state index is 0.170. The van der Waals surface area contributed by atoms with Crippen LogP contribution in [0, 0.1) is 16.7 Å². The van der Waals surface area contributed by atoms with Crippen LogP contribution in [-0.4, -0.2) is 11.5 Å². The highest BCUT2D eigenvalue weighted by molar-refractivity contribution is 5.93. The lowest BCUT2D eigenvalue weighted by Gasteiger charge is -2.20. The molecule has 0 amide bonds. The summed E-state index contributed by atoms with van der Waals surface area (Å²) in [7, 11) is 0. The van der Waals surface area contributed by atoms with Crippen LogP contribution in [-0.2, 0) is 0 Å². The van der Waals surface area contributed by atoms with Crippen molar-refractivity contribution in [3.63, 3.8) is 0 Å². The van der Waals surface area contributed by atoms with Gasteiger partial charge in [-0.25, -0.2) is 0 Å². The Hall–Kier alpha value is -2.28. The van der Waals surface area contributed by atoms with E-state index in [4.69, 9.17) is 11.0 Å². The van der Waals surface area contributed by atoms with Crippen molar-refractivity contribution in [3.8, 4) is 6.07 Å². The van der Waals surface area contributed by atoms with Gasteiger partial charge in [0.25, 0.3) is 0 Å². The maximum atomic E-state index is 8.91. The number of hydrogen-bond acceptors (Lipinski definition) is 4. The first-order valence-corrected chi connectivity index (χ1v) is 6.22. The molecule has 0 fully saturated rings. The zero-order chi connectivity index (χ0) is 14.0. The van der Waals surface area contributed by atoms with Gasteiger partial charge in [0.15, 0.2) is 0 Å². The Balaban J connectivity index is 2.46. The number of nitrogens with one attached hydrogen (secondary N) is 1. The monoisotopic (exact) mass is 254 g/mol. The molecule has 2 aromatic rings. The van der Waals surface area contributed by atoms with E-state index < -0.39 is 0 Å². The highest BCUT2D eigenvalue weighted by atomic mass is 14.9. The maximum absolute atomic E-state index is 8.91. The second-order valence-corrected chi connectivity index (χ2v) is 5.89. The summed E-state index contributed by atoms with van der Waals surface area (Å²) in [6.07, 6.45) is 1.58. The average molecular weight is 254 g/mol. The van der Waals surface area contributed by atoms with Gasteiger partial charge < -0.3 is 11.1 Å². The largest absolute Gasteiger partial charge is 0.399 e. The van der Waals surface area contributed by atoms with Gasteiger partial charge in [-0.05, 0) is 23.6 Å². The molecule has 0 radical (unpaired) electrons. The molecule has 0 unspecified atom stereocenters. The van der Waals surface area contributed by atoms with E-state index in [0.29, 0.717) is 11.3 Å². The van der Waals surface area contributed by atoms with Crippen LogP contribution in [0.15, 0.2) is 24.4 Å². The molecule has 1 heterocycles. The topological polar surface area (TPSA) is 74.7 Å².